The SMILES string of the molecule is Cc1cc(C)cc(Cc2noc(C3CCC(N)CC3)n2)c1. The summed E-state index contributed by atoms with van der Waals surface area (Å²) >= 11 is 0. The summed E-state index contributed by atoms with van der Waals surface area (Å²) in [6, 6.07) is 6.89. The van der Waals surface area contributed by atoms with Crippen molar-refractivity contribution in [2.24, 2.45) is 5.73 Å². The fraction of sp³-hybridized carbons (Fsp3) is 0.529. The Balaban J connectivity index is 1.70. The number of rotatable bonds is 3. The Hall–Kier alpha value is -1.68. The molecule has 0 bridgehead atoms. The molecular weight excluding hydrogens is 262 g/mol. The lowest BCUT2D eigenvalue weighted by Crippen LogP contribution is -2.25. The summed E-state index contributed by atoms with van der Waals surface area (Å²) in [5.74, 6) is 1.97. The predicted molar refractivity (Wildman–Crippen MR) is 82.2 cm³/mol. The van der Waals surface area contributed by atoms with Crippen LogP contribution in [0.15, 0.2) is 22.7 Å². The van der Waals surface area contributed by atoms with Crippen molar-refractivity contribution in [1.82, 2.24) is 10.1 Å². The lowest BCUT2D eigenvalue weighted by molar-refractivity contribution is 0.300. The van der Waals surface area contributed by atoms with Gasteiger partial charge in [-0.05, 0) is 45.1 Å². The van der Waals surface area contributed by atoms with E-state index in [2.05, 4.69) is 42.2 Å². The molecule has 1 saturated carbocycles. The van der Waals surface area contributed by atoms with Crippen molar-refractivity contribution >= 4 is 0 Å². The largest absolute Gasteiger partial charge is 0.339 e. The van der Waals surface area contributed by atoms with E-state index in [9.17, 15) is 0 Å². The van der Waals surface area contributed by atoms with Gasteiger partial charge in [0, 0.05) is 18.4 Å². The molecule has 1 aromatic heterocycles. The Labute approximate surface area is 125 Å². The van der Waals surface area contributed by atoms with E-state index in [-0.39, 0.29) is 0 Å². The smallest absolute Gasteiger partial charge is 0.229 e. The van der Waals surface area contributed by atoms with Gasteiger partial charge in [-0.25, -0.2) is 0 Å². The van der Waals surface area contributed by atoms with Crippen molar-refractivity contribution in [3.05, 3.63) is 46.6 Å². The lowest BCUT2D eigenvalue weighted by Gasteiger charge is -2.22. The number of nitrogens with two attached hydrogens (primary N) is 1. The normalized spacial score (nSPS) is 22.4. The molecule has 1 aliphatic carbocycles. The maximum atomic E-state index is 5.94. The van der Waals surface area contributed by atoms with E-state index in [1.807, 2.05) is 0 Å². The van der Waals surface area contributed by atoms with Gasteiger partial charge in [-0.15, -0.1) is 0 Å². The van der Waals surface area contributed by atoms with E-state index in [4.69, 9.17) is 10.3 Å². The van der Waals surface area contributed by atoms with Gasteiger partial charge in [-0.1, -0.05) is 34.5 Å². The third kappa shape index (κ3) is 3.50. The van der Waals surface area contributed by atoms with Crippen LogP contribution < -0.4 is 5.73 Å². The fourth-order valence-electron chi connectivity index (χ4n) is 3.22. The molecular formula is C17H23N3O. The molecule has 0 radical (unpaired) electrons. The van der Waals surface area contributed by atoms with Crippen LogP contribution in [0.1, 0.15) is 60.0 Å². The molecule has 0 amide bonds. The Morgan fingerprint density at radius 3 is 2.43 bits per heavy atom. The molecule has 1 fully saturated rings. The van der Waals surface area contributed by atoms with Gasteiger partial charge in [0.2, 0.25) is 5.89 Å². The Morgan fingerprint density at radius 2 is 1.76 bits per heavy atom. The predicted octanol–water partition coefficient (Wildman–Crippen LogP) is 3.26. The second kappa shape index (κ2) is 5.98. The van der Waals surface area contributed by atoms with E-state index in [1.165, 1.54) is 16.7 Å². The van der Waals surface area contributed by atoms with Crippen LogP contribution >= 0.6 is 0 Å². The first-order chi connectivity index (χ1) is 10.1. The highest BCUT2D eigenvalue weighted by Gasteiger charge is 2.24. The van der Waals surface area contributed by atoms with E-state index in [1.54, 1.807) is 0 Å². The zero-order chi connectivity index (χ0) is 14.8. The summed E-state index contributed by atoms with van der Waals surface area (Å²) in [4.78, 5) is 4.59. The van der Waals surface area contributed by atoms with Crippen LogP contribution in [-0.2, 0) is 6.42 Å². The number of aromatic nitrogens is 2. The summed E-state index contributed by atoms with van der Waals surface area (Å²) in [7, 11) is 0. The molecule has 1 aliphatic rings. The fourth-order valence-corrected chi connectivity index (χ4v) is 3.22. The number of hydrogen-bond donors (Lipinski definition) is 1. The van der Waals surface area contributed by atoms with Crippen molar-refractivity contribution in [3.63, 3.8) is 0 Å². The first kappa shape index (κ1) is 14.3. The third-order valence-electron chi connectivity index (χ3n) is 4.25. The maximum absolute atomic E-state index is 5.94. The molecule has 0 saturated heterocycles. The monoisotopic (exact) mass is 285 g/mol. The minimum absolute atomic E-state index is 0.346. The van der Waals surface area contributed by atoms with Crippen LogP contribution in [0.2, 0.25) is 0 Å². The first-order valence-corrected chi connectivity index (χ1v) is 7.75. The van der Waals surface area contributed by atoms with E-state index < -0.39 is 0 Å². The summed E-state index contributed by atoms with van der Waals surface area (Å²) in [5, 5.41) is 4.15. The number of hydrogen-bond acceptors (Lipinski definition) is 4. The highest BCUT2D eigenvalue weighted by molar-refractivity contribution is 5.30. The molecule has 4 nitrogen and oxygen atoms in total. The molecule has 3 rings (SSSR count). The highest BCUT2D eigenvalue weighted by atomic mass is 16.5. The molecule has 0 spiro atoms. The number of benzene rings is 1. The summed E-state index contributed by atoms with van der Waals surface area (Å²) in [6.45, 7) is 4.23. The van der Waals surface area contributed by atoms with Crippen LogP contribution in [0.25, 0.3) is 0 Å². The van der Waals surface area contributed by atoms with Crippen molar-refractivity contribution in [2.45, 2.75) is 57.9 Å². The summed E-state index contributed by atoms with van der Waals surface area (Å²) < 4.78 is 5.47. The van der Waals surface area contributed by atoms with Gasteiger partial charge in [0.05, 0.1) is 0 Å². The second-order valence-corrected chi connectivity index (χ2v) is 6.33. The molecule has 4 heteroatoms. The maximum Gasteiger partial charge on any atom is 0.229 e. The van der Waals surface area contributed by atoms with Gasteiger partial charge in [0.1, 0.15) is 0 Å². The van der Waals surface area contributed by atoms with Crippen LogP contribution in [-0.4, -0.2) is 16.2 Å². The molecule has 1 aromatic carbocycles. The Morgan fingerprint density at radius 1 is 1.10 bits per heavy atom. The van der Waals surface area contributed by atoms with Crippen LogP contribution in [0, 0.1) is 13.8 Å². The van der Waals surface area contributed by atoms with Crippen LogP contribution in [0.5, 0.6) is 0 Å². The zero-order valence-corrected chi connectivity index (χ0v) is 12.8. The third-order valence-corrected chi connectivity index (χ3v) is 4.25. The van der Waals surface area contributed by atoms with Crippen molar-refractivity contribution in [3.8, 4) is 0 Å². The topological polar surface area (TPSA) is 64.9 Å². The molecule has 0 unspecified atom stereocenters. The average Bonchev–Trinajstić information content (AvgIpc) is 2.87. The molecule has 112 valence electrons. The van der Waals surface area contributed by atoms with Crippen LogP contribution in [0.3, 0.4) is 0 Å². The van der Waals surface area contributed by atoms with Gasteiger partial charge in [-0.2, -0.15) is 4.98 Å². The Kier molecular flexibility index (Phi) is 4.06. The molecule has 21 heavy (non-hydrogen) atoms. The molecule has 2 aromatic rings. The molecule has 2 N–H and O–H groups in total. The second-order valence-electron chi connectivity index (χ2n) is 6.33. The van der Waals surface area contributed by atoms with Crippen molar-refractivity contribution in [1.29, 1.82) is 0 Å². The lowest BCUT2D eigenvalue weighted by atomic mass is 9.86. The highest BCUT2D eigenvalue weighted by Crippen LogP contribution is 2.31. The zero-order valence-electron chi connectivity index (χ0n) is 12.8. The standard InChI is InChI=1S/C17H23N3O/c1-11-7-12(2)9-13(8-11)10-16-19-17(21-20-16)14-3-5-15(18)6-4-14/h7-9,14-15H,3-6,10,18H2,1-2H3. The van der Waals surface area contributed by atoms with E-state index >= 15 is 0 Å². The quantitative estimate of drug-likeness (QED) is 0.940. The average molecular weight is 285 g/mol. The van der Waals surface area contributed by atoms with Gasteiger partial charge in [-0.3, -0.25) is 0 Å². The summed E-state index contributed by atoms with van der Waals surface area (Å²) in [6.07, 6.45) is 4.97. The van der Waals surface area contributed by atoms with Crippen LogP contribution in [0.4, 0.5) is 0 Å². The van der Waals surface area contributed by atoms with Gasteiger partial charge in [0.25, 0.3) is 0 Å². The Bertz CT molecular complexity index is 592. The van der Waals surface area contributed by atoms with E-state index in [0.717, 1.165) is 43.8 Å². The molecule has 1 heterocycles. The molecule has 0 aliphatic heterocycles. The van der Waals surface area contributed by atoms with Gasteiger partial charge >= 0.3 is 0 Å². The van der Waals surface area contributed by atoms with Gasteiger partial charge < -0.3 is 10.3 Å². The number of aryl methyl sites for hydroxylation is 2. The number of nitrogens with zero attached hydrogens (tertiary/aromatic N) is 2. The molecule has 0 atom stereocenters. The van der Waals surface area contributed by atoms with Gasteiger partial charge in [0.15, 0.2) is 5.82 Å². The van der Waals surface area contributed by atoms with Crippen molar-refractivity contribution in [2.75, 3.05) is 0 Å². The van der Waals surface area contributed by atoms with Crippen molar-refractivity contribution < 1.29 is 4.52 Å². The minimum Gasteiger partial charge on any atom is -0.339 e. The van der Waals surface area contributed by atoms with E-state index in [0.29, 0.717) is 12.0 Å². The minimum atomic E-state index is 0.346. The first-order valence-electron chi connectivity index (χ1n) is 7.75. The summed E-state index contributed by atoms with van der Waals surface area (Å²) in [5.41, 5.74) is 9.73.